The van der Waals surface area contributed by atoms with Crippen molar-refractivity contribution in [2.24, 2.45) is 7.05 Å². The van der Waals surface area contributed by atoms with Crippen LogP contribution in [0.1, 0.15) is 24.4 Å². The van der Waals surface area contributed by atoms with Crippen molar-refractivity contribution in [3.05, 3.63) is 74.2 Å². The first kappa shape index (κ1) is 18.3. The first-order chi connectivity index (χ1) is 13.3. The van der Waals surface area contributed by atoms with Gasteiger partial charge in [0.1, 0.15) is 0 Å². The minimum Gasteiger partial charge on any atom is -0.281 e. The first-order valence-electron chi connectivity index (χ1n) is 8.88. The van der Waals surface area contributed by atoms with Crippen LogP contribution < -0.4 is 11.2 Å². The summed E-state index contributed by atoms with van der Waals surface area (Å²) in [5.41, 5.74) is 2.40. The molecule has 3 aromatic heterocycles. The summed E-state index contributed by atoms with van der Waals surface area (Å²) >= 11 is 6.42. The molecule has 0 N–H and O–H groups in total. The molecule has 0 saturated heterocycles. The second-order valence-electron chi connectivity index (χ2n) is 6.87. The van der Waals surface area contributed by atoms with E-state index in [0.717, 1.165) is 17.1 Å². The van der Waals surface area contributed by atoms with E-state index in [1.807, 2.05) is 36.6 Å². The number of rotatable bonds is 3. The van der Waals surface area contributed by atoms with Crippen molar-refractivity contribution in [1.29, 1.82) is 0 Å². The van der Waals surface area contributed by atoms with E-state index in [9.17, 15) is 9.59 Å². The lowest BCUT2D eigenvalue weighted by atomic mass is 10.3. The summed E-state index contributed by atoms with van der Waals surface area (Å²) < 4.78 is 6.30. The second kappa shape index (κ2) is 6.24. The van der Waals surface area contributed by atoms with E-state index >= 15 is 0 Å². The molecule has 0 saturated carbocycles. The first-order valence-corrected chi connectivity index (χ1v) is 9.26. The highest BCUT2D eigenvalue weighted by atomic mass is 35.5. The average molecular weight is 398 g/mol. The van der Waals surface area contributed by atoms with E-state index < -0.39 is 17.3 Å². The van der Waals surface area contributed by atoms with Gasteiger partial charge >= 0.3 is 5.69 Å². The molecule has 0 aliphatic rings. The summed E-state index contributed by atoms with van der Waals surface area (Å²) in [5.74, 6) is 0.536. The zero-order valence-electron chi connectivity index (χ0n) is 16.1. The molecule has 0 spiro atoms. The molecule has 0 aliphatic heterocycles. The molecular formula is C20H20ClN5O2. The van der Waals surface area contributed by atoms with Crippen LogP contribution in [0.15, 0.2) is 46.5 Å². The lowest BCUT2D eigenvalue weighted by Crippen LogP contribution is -2.40. The van der Waals surface area contributed by atoms with Gasteiger partial charge in [-0.25, -0.2) is 4.79 Å². The maximum atomic E-state index is 13.3. The van der Waals surface area contributed by atoms with Crippen LogP contribution in [0.2, 0.25) is 5.02 Å². The number of hydrogen-bond acceptors (Lipinski definition) is 3. The SMILES string of the molecule is C=C[C@H](C)n1c(=O)c2c(nc3n(-c4ccccc4Cl)c(C)c(C)n23)n(C)c1=O. The number of benzene rings is 1. The third-order valence-electron chi connectivity index (χ3n) is 5.31. The predicted octanol–water partition coefficient (Wildman–Crippen LogP) is 3.16. The molecule has 7 nitrogen and oxygen atoms in total. The van der Waals surface area contributed by atoms with E-state index in [0.29, 0.717) is 22.0 Å². The molecule has 3 heterocycles. The highest BCUT2D eigenvalue weighted by molar-refractivity contribution is 6.32. The van der Waals surface area contributed by atoms with Crippen LogP contribution >= 0.6 is 11.6 Å². The van der Waals surface area contributed by atoms with Gasteiger partial charge in [0.15, 0.2) is 11.2 Å². The smallest absolute Gasteiger partial charge is 0.281 e. The fourth-order valence-corrected chi connectivity index (χ4v) is 3.82. The Labute approximate surface area is 165 Å². The van der Waals surface area contributed by atoms with Gasteiger partial charge in [0, 0.05) is 18.4 Å². The Morgan fingerprint density at radius 1 is 1.18 bits per heavy atom. The lowest BCUT2D eigenvalue weighted by Gasteiger charge is -2.12. The maximum absolute atomic E-state index is 13.3. The number of nitrogens with zero attached hydrogens (tertiary/aromatic N) is 5. The Morgan fingerprint density at radius 3 is 2.50 bits per heavy atom. The van der Waals surface area contributed by atoms with Gasteiger partial charge in [-0.05, 0) is 32.9 Å². The summed E-state index contributed by atoms with van der Waals surface area (Å²) in [6.45, 7) is 9.34. The average Bonchev–Trinajstić information content (AvgIpc) is 3.17. The van der Waals surface area contributed by atoms with Crippen LogP contribution in [0.3, 0.4) is 0 Å². The number of aryl methyl sites for hydroxylation is 2. The maximum Gasteiger partial charge on any atom is 0.333 e. The van der Waals surface area contributed by atoms with Gasteiger partial charge in [-0.3, -0.25) is 22.9 Å². The van der Waals surface area contributed by atoms with Gasteiger partial charge in [-0.2, -0.15) is 4.98 Å². The number of hydrogen-bond donors (Lipinski definition) is 0. The Morgan fingerprint density at radius 2 is 1.86 bits per heavy atom. The van der Waals surface area contributed by atoms with Gasteiger partial charge in [0.2, 0.25) is 5.78 Å². The summed E-state index contributed by atoms with van der Waals surface area (Å²) in [4.78, 5) is 30.7. The summed E-state index contributed by atoms with van der Waals surface area (Å²) in [6.07, 6.45) is 1.57. The Bertz CT molecular complexity index is 1390. The van der Waals surface area contributed by atoms with E-state index in [1.54, 1.807) is 30.5 Å². The monoisotopic (exact) mass is 397 g/mol. The highest BCUT2D eigenvalue weighted by Gasteiger charge is 2.24. The predicted molar refractivity (Wildman–Crippen MR) is 111 cm³/mol. The summed E-state index contributed by atoms with van der Waals surface area (Å²) in [6, 6.07) is 7.01. The van der Waals surface area contributed by atoms with Gasteiger partial charge in [0.25, 0.3) is 5.56 Å². The Balaban J connectivity index is 2.25. The number of para-hydroxylation sites is 1. The van der Waals surface area contributed by atoms with Crippen molar-refractivity contribution < 1.29 is 0 Å². The molecule has 1 aromatic carbocycles. The number of imidazole rings is 2. The molecule has 0 fully saturated rings. The number of fused-ring (bicyclic) bond motifs is 3. The van der Waals surface area contributed by atoms with E-state index in [2.05, 4.69) is 11.6 Å². The molecular weight excluding hydrogens is 378 g/mol. The van der Waals surface area contributed by atoms with Crippen molar-refractivity contribution in [3.8, 4) is 5.69 Å². The van der Waals surface area contributed by atoms with Gasteiger partial charge in [0.05, 0.1) is 16.8 Å². The number of allylic oxidation sites excluding steroid dienone is 1. The molecule has 0 radical (unpaired) electrons. The molecule has 1 atom stereocenters. The molecule has 144 valence electrons. The van der Waals surface area contributed by atoms with Crippen LogP contribution in [0.5, 0.6) is 0 Å². The minimum atomic E-state index is -0.437. The minimum absolute atomic E-state index is 0.335. The van der Waals surface area contributed by atoms with Crippen LogP contribution in [0.4, 0.5) is 0 Å². The van der Waals surface area contributed by atoms with Crippen molar-refractivity contribution in [3.63, 3.8) is 0 Å². The Hall–Kier alpha value is -3.06. The van der Waals surface area contributed by atoms with Crippen molar-refractivity contribution in [2.45, 2.75) is 26.8 Å². The number of aromatic nitrogens is 5. The van der Waals surface area contributed by atoms with E-state index in [1.165, 1.54) is 9.13 Å². The molecule has 0 unspecified atom stereocenters. The van der Waals surface area contributed by atoms with Gasteiger partial charge < -0.3 is 0 Å². The van der Waals surface area contributed by atoms with Crippen molar-refractivity contribution in [2.75, 3.05) is 0 Å². The topological polar surface area (TPSA) is 66.2 Å². The third-order valence-corrected chi connectivity index (χ3v) is 5.63. The van der Waals surface area contributed by atoms with Crippen LogP contribution in [0.25, 0.3) is 22.6 Å². The largest absolute Gasteiger partial charge is 0.333 e. The zero-order valence-corrected chi connectivity index (χ0v) is 16.9. The van der Waals surface area contributed by atoms with E-state index in [-0.39, 0.29) is 0 Å². The fraction of sp³-hybridized carbons (Fsp3) is 0.250. The molecule has 0 amide bonds. The van der Waals surface area contributed by atoms with Crippen LogP contribution in [-0.4, -0.2) is 23.1 Å². The van der Waals surface area contributed by atoms with Crippen molar-refractivity contribution in [1.82, 2.24) is 23.1 Å². The standard InChI is InChI=1S/C20H20ClN5O2/c1-6-11(2)24-18(27)16-17(23(5)20(24)28)22-19-25(12(3)13(4)26(16)19)15-10-8-7-9-14(15)21/h6-11H,1H2,2-5H3/t11-/m0/s1. The van der Waals surface area contributed by atoms with E-state index in [4.69, 9.17) is 11.6 Å². The van der Waals surface area contributed by atoms with Gasteiger partial charge in [-0.15, -0.1) is 6.58 Å². The number of halogens is 1. The van der Waals surface area contributed by atoms with Crippen LogP contribution in [0, 0.1) is 13.8 Å². The second-order valence-corrected chi connectivity index (χ2v) is 7.28. The molecule has 4 aromatic rings. The highest BCUT2D eigenvalue weighted by Crippen LogP contribution is 2.28. The molecule has 8 heteroatoms. The Kier molecular flexibility index (Phi) is 4.08. The molecule has 0 bridgehead atoms. The lowest BCUT2D eigenvalue weighted by molar-refractivity contribution is 0.574. The quantitative estimate of drug-likeness (QED) is 0.499. The summed E-state index contributed by atoms with van der Waals surface area (Å²) in [5, 5.41) is 0.571. The molecule has 4 rings (SSSR count). The normalized spacial score (nSPS) is 12.8. The van der Waals surface area contributed by atoms with Crippen LogP contribution in [-0.2, 0) is 7.05 Å². The third kappa shape index (κ3) is 2.26. The summed E-state index contributed by atoms with van der Waals surface area (Å²) in [7, 11) is 1.62. The van der Waals surface area contributed by atoms with Crippen molar-refractivity contribution >= 4 is 28.5 Å². The molecule has 0 aliphatic carbocycles. The fourth-order valence-electron chi connectivity index (χ4n) is 3.60. The zero-order chi connectivity index (χ0) is 20.3. The van der Waals surface area contributed by atoms with Gasteiger partial charge in [-0.1, -0.05) is 29.8 Å². The molecule has 28 heavy (non-hydrogen) atoms.